The van der Waals surface area contributed by atoms with Crippen molar-refractivity contribution in [2.45, 2.75) is 11.1 Å². The number of carboxylic acid groups (broad SMARTS) is 1. The van der Waals surface area contributed by atoms with Crippen molar-refractivity contribution in [3.05, 3.63) is 93.5 Å². The number of nitrogens with one attached hydrogen (secondary N) is 2. The van der Waals surface area contributed by atoms with Gasteiger partial charge in [0.15, 0.2) is 0 Å². The van der Waals surface area contributed by atoms with Crippen molar-refractivity contribution in [3.8, 4) is 0 Å². The van der Waals surface area contributed by atoms with Crippen molar-refractivity contribution in [1.29, 1.82) is 0 Å². The molecule has 3 rings (SSSR count). The molecule has 0 fully saturated rings. The summed E-state index contributed by atoms with van der Waals surface area (Å²) < 4.78 is 66.7. The highest BCUT2D eigenvalue weighted by Gasteiger charge is 2.32. The van der Waals surface area contributed by atoms with E-state index < -0.39 is 43.2 Å². The molecule has 0 bridgehead atoms. The van der Waals surface area contributed by atoms with Crippen molar-refractivity contribution in [2.75, 3.05) is 10.1 Å². The third-order valence-electron chi connectivity index (χ3n) is 4.53. The lowest BCUT2D eigenvalue weighted by atomic mass is 10.1. The number of hydrogen-bond donors (Lipinski definition) is 3. The first kappa shape index (κ1) is 25.2. The van der Waals surface area contributed by atoms with Gasteiger partial charge in [-0.05, 0) is 30.3 Å². The monoisotopic (exact) mass is 508 g/mol. The van der Waals surface area contributed by atoms with E-state index in [1.165, 1.54) is 36.4 Å². The number of hydrazone groups is 1. The zero-order chi connectivity index (χ0) is 25.8. The van der Waals surface area contributed by atoms with Gasteiger partial charge in [-0.1, -0.05) is 30.3 Å². The first-order valence-corrected chi connectivity index (χ1v) is 11.0. The first-order chi connectivity index (χ1) is 16.4. The van der Waals surface area contributed by atoms with Gasteiger partial charge < -0.3 is 5.11 Å². The quantitative estimate of drug-likeness (QED) is 0.229. The Bertz CT molecular complexity index is 1420. The number of carbonyl (C=O) groups is 1. The van der Waals surface area contributed by atoms with E-state index in [9.17, 15) is 41.6 Å². The zero-order valence-electron chi connectivity index (χ0n) is 17.4. The summed E-state index contributed by atoms with van der Waals surface area (Å²) in [5.74, 6) is -1.39. The van der Waals surface area contributed by atoms with Crippen molar-refractivity contribution in [1.82, 2.24) is 0 Å². The fourth-order valence-corrected chi connectivity index (χ4v) is 4.02. The van der Waals surface area contributed by atoms with Crippen LogP contribution in [0.15, 0.2) is 76.7 Å². The van der Waals surface area contributed by atoms with Crippen molar-refractivity contribution >= 4 is 39.3 Å². The zero-order valence-corrected chi connectivity index (χ0v) is 18.2. The molecule has 182 valence electrons. The number of benzene rings is 3. The molecule has 10 nitrogen and oxygen atoms in total. The average molecular weight is 508 g/mol. The molecule has 0 saturated heterocycles. The Kier molecular flexibility index (Phi) is 7.05. The smallest absolute Gasteiger partial charge is 0.417 e. The third kappa shape index (κ3) is 5.92. The summed E-state index contributed by atoms with van der Waals surface area (Å²) in [6.07, 6.45) is -3.82. The van der Waals surface area contributed by atoms with E-state index in [0.717, 1.165) is 30.5 Å². The summed E-state index contributed by atoms with van der Waals surface area (Å²) in [5, 5.41) is 24.3. The maximum Gasteiger partial charge on any atom is 0.417 e. The number of rotatable bonds is 8. The fraction of sp³-hybridized carbons (Fsp3) is 0.0476. The molecule has 0 amide bonds. The summed E-state index contributed by atoms with van der Waals surface area (Å²) in [5.41, 5.74) is -0.632. The Balaban J connectivity index is 1.90. The van der Waals surface area contributed by atoms with E-state index in [2.05, 4.69) is 15.2 Å². The molecule has 0 aliphatic heterocycles. The van der Waals surface area contributed by atoms with Gasteiger partial charge in [0, 0.05) is 11.6 Å². The van der Waals surface area contributed by atoms with Gasteiger partial charge in [-0.25, -0.2) is 13.2 Å². The summed E-state index contributed by atoms with van der Waals surface area (Å²) in [4.78, 5) is 21.3. The van der Waals surface area contributed by atoms with Crippen LogP contribution in [0.2, 0.25) is 0 Å². The molecular formula is C21H15F3N4O6S. The molecule has 35 heavy (non-hydrogen) atoms. The highest BCUT2D eigenvalue weighted by molar-refractivity contribution is 7.92. The van der Waals surface area contributed by atoms with Crippen LogP contribution in [0.5, 0.6) is 0 Å². The second-order valence-electron chi connectivity index (χ2n) is 6.85. The molecular weight excluding hydrogens is 493 g/mol. The lowest BCUT2D eigenvalue weighted by Crippen LogP contribution is -2.16. The Morgan fingerprint density at radius 1 is 1.03 bits per heavy atom. The topological polar surface area (TPSA) is 151 Å². The molecule has 0 aliphatic carbocycles. The number of sulfonamides is 1. The van der Waals surface area contributed by atoms with E-state index in [4.69, 9.17) is 0 Å². The van der Waals surface area contributed by atoms with Crippen LogP contribution in [-0.4, -0.2) is 30.6 Å². The molecule has 3 aromatic carbocycles. The van der Waals surface area contributed by atoms with Gasteiger partial charge in [-0.3, -0.25) is 20.3 Å². The molecule has 0 unspecified atom stereocenters. The number of alkyl halides is 3. The number of aromatic carboxylic acids is 1. The molecule has 14 heteroatoms. The van der Waals surface area contributed by atoms with E-state index in [0.29, 0.717) is 6.07 Å². The van der Waals surface area contributed by atoms with Crippen LogP contribution in [-0.2, 0) is 16.2 Å². The van der Waals surface area contributed by atoms with Gasteiger partial charge in [0.25, 0.3) is 15.7 Å². The SMILES string of the molecule is O=C(O)c1ccccc1NS(=O)(=O)c1ccc(NN=Cc2ccccc2C(F)(F)F)c([N+](=O)[O-])c1. The third-order valence-corrected chi connectivity index (χ3v) is 5.90. The van der Waals surface area contributed by atoms with Crippen molar-refractivity contribution in [2.24, 2.45) is 5.10 Å². The van der Waals surface area contributed by atoms with Crippen LogP contribution >= 0.6 is 0 Å². The van der Waals surface area contributed by atoms with E-state index >= 15 is 0 Å². The Morgan fingerprint density at radius 3 is 2.34 bits per heavy atom. The lowest BCUT2D eigenvalue weighted by molar-refractivity contribution is -0.384. The second-order valence-corrected chi connectivity index (χ2v) is 8.53. The number of para-hydroxylation sites is 1. The Hall–Kier alpha value is -4.46. The molecule has 0 spiro atoms. The standard InChI is InChI=1S/C21H15F3N4O6S/c22-21(23,24)16-7-3-1-5-13(16)12-25-26-18-10-9-14(11-19(18)28(31)32)35(33,34)27-17-8-4-2-6-15(17)20(29)30/h1-12,26-27H,(H,29,30). The van der Waals surface area contributed by atoms with Gasteiger partial charge in [-0.15, -0.1) is 0 Å². The number of halogens is 3. The molecule has 3 N–H and O–H groups in total. The van der Waals surface area contributed by atoms with Gasteiger partial charge in [0.05, 0.1) is 32.8 Å². The molecule has 0 saturated carbocycles. The predicted octanol–water partition coefficient (Wildman–Crippen LogP) is 4.56. The minimum atomic E-state index is -4.64. The van der Waals surface area contributed by atoms with Crippen LogP contribution in [0.3, 0.4) is 0 Å². The number of hydrogen-bond acceptors (Lipinski definition) is 7. The second kappa shape index (κ2) is 9.80. The normalized spacial score (nSPS) is 11.9. The molecule has 0 radical (unpaired) electrons. The largest absolute Gasteiger partial charge is 0.478 e. The van der Waals surface area contributed by atoms with Crippen LogP contribution in [0, 0.1) is 10.1 Å². The molecule has 0 atom stereocenters. The summed E-state index contributed by atoms with van der Waals surface area (Å²) in [6, 6.07) is 12.4. The van der Waals surface area contributed by atoms with Crippen LogP contribution in [0.4, 0.5) is 30.2 Å². The van der Waals surface area contributed by atoms with Crippen molar-refractivity contribution in [3.63, 3.8) is 0 Å². The number of carboxylic acids is 1. The van der Waals surface area contributed by atoms with Gasteiger partial charge in [0.2, 0.25) is 0 Å². The number of anilines is 2. The molecule has 0 aromatic heterocycles. The summed E-state index contributed by atoms with van der Waals surface area (Å²) in [6.45, 7) is 0. The molecule has 3 aromatic rings. The minimum absolute atomic E-state index is 0.252. The van der Waals surface area contributed by atoms with Gasteiger partial charge >= 0.3 is 12.1 Å². The van der Waals surface area contributed by atoms with Gasteiger partial charge in [0.1, 0.15) is 5.69 Å². The summed E-state index contributed by atoms with van der Waals surface area (Å²) >= 11 is 0. The van der Waals surface area contributed by atoms with Crippen LogP contribution in [0.25, 0.3) is 0 Å². The van der Waals surface area contributed by atoms with Crippen LogP contribution in [0.1, 0.15) is 21.5 Å². The predicted molar refractivity (Wildman–Crippen MR) is 120 cm³/mol. The molecule has 0 aliphatic rings. The number of nitrogens with zero attached hydrogens (tertiary/aromatic N) is 2. The van der Waals surface area contributed by atoms with E-state index in [-0.39, 0.29) is 22.5 Å². The van der Waals surface area contributed by atoms with Crippen LogP contribution < -0.4 is 10.1 Å². The first-order valence-electron chi connectivity index (χ1n) is 9.49. The number of nitro groups is 1. The Morgan fingerprint density at radius 2 is 1.69 bits per heavy atom. The minimum Gasteiger partial charge on any atom is -0.478 e. The van der Waals surface area contributed by atoms with E-state index in [1.54, 1.807) is 0 Å². The lowest BCUT2D eigenvalue weighted by Gasteiger charge is -2.11. The van der Waals surface area contributed by atoms with Gasteiger partial charge in [-0.2, -0.15) is 18.3 Å². The van der Waals surface area contributed by atoms with E-state index in [1.807, 2.05) is 0 Å². The molecule has 0 heterocycles. The maximum absolute atomic E-state index is 13.1. The highest BCUT2D eigenvalue weighted by Crippen LogP contribution is 2.32. The summed E-state index contributed by atoms with van der Waals surface area (Å²) in [7, 11) is -4.44. The fourth-order valence-electron chi connectivity index (χ4n) is 2.93. The van der Waals surface area contributed by atoms with Crippen molar-refractivity contribution < 1.29 is 36.4 Å². The number of nitro benzene ring substituents is 1. The average Bonchev–Trinajstić information content (AvgIpc) is 2.78. The highest BCUT2D eigenvalue weighted by atomic mass is 32.2. The maximum atomic E-state index is 13.1. The Labute approximate surface area is 195 Å².